The molecule has 2 rings (SSSR count). The minimum atomic E-state index is -0.290. The van der Waals surface area contributed by atoms with Gasteiger partial charge in [-0.25, -0.2) is 0 Å². The second-order valence-electron chi connectivity index (χ2n) is 3.98. The molecule has 1 heterocycles. The molecule has 1 unspecified atom stereocenters. The summed E-state index contributed by atoms with van der Waals surface area (Å²) in [6.45, 7) is 3.64. The molecular formula is C12H15ClN2O2. The van der Waals surface area contributed by atoms with Gasteiger partial charge in [0.25, 0.3) is 0 Å². The molecule has 0 bridgehead atoms. The lowest BCUT2D eigenvalue weighted by atomic mass is 10.2. The van der Waals surface area contributed by atoms with Gasteiger partial charge >= 0.3 is 0 Å². The zero-order valence-electron chi connectivity index (χ0n) is 9.63. The molecule has 1 atom stereocenters. The van der Waals surface area contributed by atoms with Gasteiger partial charge in [-0.15, -0.1) is 0 Å². The Balaban J connectivity index is 2.04. The fourth-order valence-electron chi connectivity index (χ4n) is 1.70. The number of carbonyl (C=O) groups is 1. The number of morpholine rings is 1. The van der Waals surface area contributed by atoms with Crippen molar-refractivity contribution in [2.75, 3.05) is 25.1 Å². The maximum atomic E-state index is 11.9. The number of benzene rings is 1. The van der Waals surface area contributed by atoms with Crippen molar-refractivity contribution in [2.45, 2.75) is 13.0 Å². The van der Waals surface area contributed by atoms with E-state index in [9.17, 15) is 4.79 Å². The summed E-state index contributed by atoms with van der Waals surface area (Å²) in [5, 5.41) is 6.61. The van der Waals surface area contributed by atoms with Gasteiger partial charge in [0.1, 0.15) is 6.04 Å². The first-order valence-corrected chi connectivity index (χ1v) is 5.93. The van der Waals surface area contributed by atoms with Crippen LogP contribution in [0.5, 0.6) is 0 Å². The average Bonchev–Trinajstić information content (AvgIpc) is 2.36. The highest BCUT2D eigenvalue weighted by molar-refractivity contribution is 6.31. The molecule has 1 aliphatic rings. The van der Waals surface area contributed by atoms with Crippen molar-refractivity contribution >= 4 is 23.2 Å². The lowest BCUT2D eigenvalue weighted by Gasteiger charge is -2.23. The molecule has 1 aromatic carbocycles. The highest BCUT2D eigenvalue weighted by Gasteiger charge is 2.21. The van der Waals surface area contributed by atoms with Crippen LogP contribution in [-0.4, -0.2) is 31.7 Å². The summed E-state index contributed by atoms with van der Waals surface area (Å²) < 4.78 is 5.25. The van der Waals surface area contributed by atoms with E-state index in [-0.39, 0.29) is 11.9 Å². The van der Waals surface area contributed by atoms with E-state index >= 15 is 0 Å². The third-order valence-corrected chi connectivity index (χ3v) is 3.17. The predicted octanol–water partition coefficient (Wildman–Crippen LogP) is 1.58. The highest BCUT2D eigenvalue weighted by Crippen LogP contribution is 2.23. The standard InChI is InChI=1S/C12H15ClN2O2/c1-8-9(13)3-2-4-10(8)15-12(16)11-7-17-6-5-14-11/h2-4,11,14H,5-7H2,1H3,(H,15,16). The molecule has 2 N–H and O–H groups in total. The second-order valence-corrected chi connectivity index (χ2v) is 4.39. The van der Waals surface area contributed by atoms with Crippen LogP contribution in [0.4, 0.5) is 5.69 Å². The number of anilines is 1. The Hall–Kier alpha value is -1.10. The first-order valence-electron chi connectivity index (χ1n) is 5.55. The van der Waals surface area contributed by atoms with Gasteiger partial charge in [0.2, 0.25) is 5.91 Å². The van der Waals surface area contributed by atoms with Crippen LogP contribution >= 0.6 is 11.6 Å². The van der Waals surface area contributed by atoms with Gasteiger partial charge in [-0.2, -0.15) is 0 Å². The SMILES string of the molecule is Cc1c(Cl)cccc1NC(=O)C1COCCN1. The Morgan fingerprint density at radius 3 is 3.12 bits per heavy atom. The molecule has 0 aliphatic carbocycles. The zero-order chi connectivity index (χ0) is 12.3. The van der Waals surface area contributed by atoms with E-state index in [1.807, 2.05) is 19.1 Å². The number of hydrogen-bond acceptors (Lipinski definition) is 3. The molecule has 1 aliphatic heterocycles. The number of halogens is 1. The Morgan fingerprint density at radius 1 is 1.59 bits per heavy atom. The van der Waals surface area contributed by atoms with Crippen molar-refractivity contribution < 1.29 is 9.53 Å². The summed E-state index contributed by atoms with van der Waals surface area (Å²) >= 11 is 5.99. The maximum Gasteiger partial charge on any atom is 0.243 e. The Labute approximate surface area is 105 Å². The van der Waals surface area contributed by atoms with Crippen molar-refractivity contribution in [1.29, 1.82) is 0 Å². The van der Waals surface area contributed by atoms with E-state index in [1.54, 1.807) is 6.07 Å². The molecule has 1 amide bonds. The minimum absolute atomic E-state index is 0.0879. The van der Waals surface area contributed by atoms with E-state index in [4.69, 9.17) is 16.3 Å². The van der Waals surface area contributed by atoms with E-state index in [1.165, 1.54) is 0 Å². The van der Waals surface area contributed by atoms with Crippen LogP contribution in [0.1, 0.15) is 5.56 Å². The van der Waals surface area contributed by atoms with E-state index < -0.39 is 0 Å². The quantitative estimate of drug-likeness (QED) is 0.843. The summed E-state index contributed by atoms with van der Waals surface area (Å²) in [5.41, 5.74) is 1.62. The fraction of sp³-hybridized carbons (Fsp3) is 0.417. The van der Waals surface area contributed by atoms with Gasteiger partial charge < -0.3 is 15.4 Å². The van der Waals surface area contributed by atoms with Crippen molar-refractivity contribution in [1.82, 2.24) is 5.32 Å². The number of nitrogens with one attached hydrogen (secondary N) is 2. The van der Waals surface area contributed by atoms with Crippen LogP contribution in [0.3, 0.4) is 0 Å². The van der Waals surface area contributed by atoms with Gasteiger partial charge in [-0.1, -0.05) is 17.7 Å². The molecule has 1 saturated heterocycles. The maximum absolute atomic E-state index is 11.9. The van der Waals surface area contributed by atoms with Crippen molar-refractivity contribution in [3.8, 4) is 0 Å². The third kappa shape index (κ3) is 2.97. The molecule has 5 heteroatoms. The van der Waals surface area contributed by atoms with Crippen molar-refractivity contribution in [3.63, 3.8) is 0 Å². The predicted molar refractivity (Wildman–Crippen MR) is 67.4 cm³/mol. The second kappa shape index (κ2) is 5.49. The topological polar surface area (TPSA) is 50.4 Å². The molecule has 17 heavy (non-hydrogen) atoms. The molecule has 0 radical (unpaired) electrons. The van der Waals surface area contributed by atoms with Crippen LogP contribution in [0.2, 0.25) is 5.02 Å². The number of hydrogen-bond donors (Lipinski definition) is 2. The highest BCUT2D eigenvalue weighted by atomic mass is 35.5. The lowest BCUT2D eigenvalue weighted by molar-refractivity contribution is -0.120. The third-order valence-electron chi connectivity index (χ3n) is 2.76. The van der Waals surface area contributed by atoms with Gasteiger partial charge in [-0.3, -0.25) is 4.79 Å². The molecule has 1 fully saturated rings. The van der Waals surface area contributed by atoms with Crippen LogP contribution in [0.15, 0.2) is 18.2 Å². The molecule has 0 aromatic heterocycles. The molecule has 0 spiro atoms. The number of ether oxygens (including phenoxy) is 1. The molecule has 4 nitrogen and oxygen atoms in total. The summed E-state index contributed by atoms with van der Waals surface area (Å²) in [5.74, 6) is -0.0879. The van der Waals surface area contributed by atoms with Crippen molar-refractivity contribution in [3.05, 3.63) is 28.8 Å². The van der Waals surface area contributed by atoms with Crippen LogP contribution in [0.25, 0.3) is 0 Å². The van der Waals surface area contributed by atoms with E-state index in [0.29, 0.717) is 24.8 Å². The zero-order valence-corrected chi connectivity index (χ0v) is 10.4. The summed E-state index contributed by atoms with van der Waals surface area (Å²) in [7, 11) is 0. The van der Waals surface area contributed by atoms with E-state index in [0.717, 1.165) is 11.3 Å². The van der Waals surface area contributed by atoms with Crippen LogP contribution < -0.4 is 10.6 Å². The number of rotatable bonds is 2. The normalized spacial score (nSPS) is 20.0. The lowest BCUT2D eigenvalue weighted by Crippen LogP contribution is -2.48. The van der Waals surface area contributed by atoms with E-state index in [2.05, 4.69) is 10.6 Å². The van der Waals surface area contributed by atoms with Crippen LogP contribution in [-0.2, 0) is 9.53 Å². The Kier molecular flexibility index (Phi) is 3.99. The van der Waals surface area contributed by atoms with Gasteiger partial charge in [0.15, 0.2) is 0 Å². The first kappa shape index (κ1) is 12.4. The smallest absolute Gasteiger partial charge is 0.243 e. The molecule has 1 aromatic rings. The largest absolute Gasteiger partial charge is 0.378 e. The summed E-state index contributed by atoms with van der Waals surface area (Å²) in [6, 6.07) is 5.16. The first-order chi connectivity index (χ1) is 8.18. The number of carbonyl (C=O) groups excluding carboxylic acids is 1. The summed E-state index contributed by atoms with van der Waals surface area (Å²) in [6.07, 6.45) is 0. The number of amides is 1. The summed E-state index contributed by atoms with van der Waals surface area (Å²) in [4.78, 5) is 11.9. The van der Waals surface area contributed by atoms with Crippen LogP contribution in [0, 0.1) is 6.92 Å². The van der Waals surface area contributed by atoms with Gasteiger partial charge in [-0.05, 0) is 24.6 Å². The minimum Gasteiger partial charge on any atom is -0.378 e. The monoisotopic (exact) mass is 254 g/mol. The van der Waals surface area contributed by atoms with Crippen molar-refractivity contribution in [2.24, 2.45) is 0 Å². The fourth-order valence-corrected chi connectivity index (χ4v) is 1.87. The van der Waals surface area contributed by atoms with Gasteiger partial charge in [0.05, 0.1) is 13.2 Å². The molecular weight excluding hydrogens is 240 g/mol. The molecule has 0 saturated carbocycles. The molecule has 92 valence electrons. The Bertz CT molecular complexity index is 417. The average molecular weight is 255 g/mol. The Morgan fingerprint density at radius 2 is 2.41 bits per heavy atom. The van der Waals surface area contributed by atoms with Gasteiger partial charge in [0, 0.05) is 17.3 Å².